The first-order valence-electron chi connectivity index (χ1n) is 7.17. The lowest BCUT2D eigenvalue weighted by Crippen LogP contribution is -2.39. The van der Waals surface area contributed by atoms with Crippen LogP contribution in [0.1, 0.15) is 17.9 Å². The van der Waals surface area contributed by atoms with Crippen molar-refractivity contribution in [3.63, 3.8) is 0 Å². The minimum Gasteiger partial charge on any atom is -0.468 e. The number of ether oxygens (including phenoxy) is 2. The molecule has 0 spiro atoms. The van der Waals surface area contributed by atoms with Gasteiger partial charge in [-0.2, -0.15) is 0 Å². The lowest BCUT2D eigenvalue weighted by atomic mass is 10.1. The van der Waals surface area contributed by atoms with Gasteiger partial charge in [-0.1, -0.05) is 29.8 Å². The molecule has 0 aliphatic heterocycles. The number of carbonyl (C=O) groups excluding carboxylic acids is 2. The Kier molecular flexibility index (Phi) is 5.80. The van der Waals surface area contributed by atoms with E-state index in [1.54, 1.807) is 7.11 Å². The summed E-state index contributed by atoms with van der Waals surface area (Å²) >= 11 is 6.18. The number of esters is 1. The van der Waals surface area contributed by atoms with Crippen LogP contribution in [0.3, 0.4) is 0 Å². The third kappa shape index (κ3) is 3.99. The van der Waals surface area contributed by atoms with Crippen molar-refractivity contribution in [2.45, 2.75) is 12.3 Å². The Balaban J connectivity index is 2.02. The topological polar surface area (TPSA) is 55.8 Å². The summed E-state index contributed by atoms with van der Waals surface area (Å²) in [4.78, 5) is 25.5. The highest BCUT2D eigenvalue weighted by atomic mass is 35.5. The first kappa shape index (κ1) is 16.8. The average molecular weight is 326 g/mol. The van der Waals surface area contributed by atoms with E-state index in [0.717, 1.165) is 12.0 Å². The normalized spacial score (nSPS) is 19.6. The molecular formula is C16H20ClNO4. The molecule has 0 saturated heterocycles. The maximum absolute atomic E-state index is 12.6. The smallest absolute Gasteiger partial charge is 0.325 e. The molecule has 5 nitrogen and oxygen atoms in total. The third-order valence-electron chi connectivity index (χ3n) is 3.84. The van der Waals surface area contributed by atoms with Gasteiger partial charge in [-0.3, -0.25) is 9.59 Å². The molecule has 1 aliphatic carbocycles. The van der Waals surface area contributed by atoms with Crippen LogP contribution in [-0.4, -0.2) is 50.7 Å². The summed E-state index contributed by atoms with van der Waals surface area (Å²) in [5.74, 6) is -0.475. The molecule has 22 heavy (non-hydrogen) atoms. The van der Waals surface area contributed by atoms with Gasteiger partial charge in [0.25, 0.3) is 0 Å². The van der Waals surface area contributed by atoms with Gasteiger partial charge in [-0.05, 0) is 24.0 Å². The van der Waals surface area contributed by atoms with Gasteiger partial charge in [-0.15, -0.1) is 0 Å². The van der Waals surface area contributed by atoms with Crippen molar-refractivity contribution in [1.82, 2.24) is 4.90 Å². The summed E-state index contributed by atoms with van der Waals surface area (Å²) in [5, 5.41) is 0.680. The highest BCUT2D eigenvalue weighted by molar-refractivity contribution is 6.31. The molecule has 0 aromatic heterocycles. The van der Waals surface area contributed by atoms with Gasteiger partial charge in [-0.25, -0.2) is 0 Å². The minimum absolute atomic E-state index is 0.0487. The van der Waals surface area contributed by atoms with E-state index in [1.165, 1.54) is 12.0 Å². The van der Waals surface area contributed by atoms with Crippen molar-refractivity contribution in [2.24, 2.45) is 5.92 Å². The van der Waals surface area contributed by atoms with Crippen LogP contribution < -0.4 is 0 Å². The molecule has 1 saturated carbocycles. The van der Waals surface area contributed by atoms with E-state index in [1.807, 2.05) is 24.3 Å². The number of hydrogen-bond acceptors (Lipinski definition) is 4. The fourth-order valence-electron chi connectivity index (χ4n) is 2.51. The zero-order chi connectivity index (χ0) is 16.1. The molecular weight excluding hydrogens is 306 g/mol. The number of halogens is 1. The van der Waals surface area contributed by atoms with Crippen molar-refractivity contribution < 1.29 is 19.1 Å². The molecule has 1 aromatic rings. The van der Waals surface area contributed by atoms with Crippen LogP contribution in [0.15, 0.2) is 24.3 Å². The fraction of sp³-hybridized carbons (Fsp3) is 0.500. The predicted octanol–water partition coefficient (Wildman–Crippen LogP) is 2.09. The average Bonchev–Trinajstić information content (AvgIpc) is 3.31. The molecule has 0 heterocycles. The molecule has 0 bridgehead atoms. The maximum atomic E-state index is 12.6. The SMILES string of the molecule is COCCN(CC(=O)OC)C(=O)C1CC1c1ccccc1Cl. The Morgan fingerprint density at radius 2 is 2.05 bits per heavy atom. The second-order valence-corrected chi connectivity index (χ2v) is 5.71. The monoisotopic (exact) mass is 325 g/mol. The first-order chi connectivity index (χ1) is 10.6. The van der Waals surface area contributed by atoms with E-state index in [-0.39, 0.29) is 24.3 Å². The molecule has 120 valence electrons. The zero-order valence-electron chi connectivity index (χ0n) is 12.8. The van der Waals surface area contributed by atoms with Crippen LogP contribution in [-0.2, 0) is 19.1 Å². The maximum Gasteiger partial charge on any atom is 0.325 e. The number of hydrogen-bond donors (Lipinski definition) is 0. The fourth-order valence-corrected chi connectivity index (χ4v) is 2.79. The largest absolute Gasteiger partial charge is 0.468 e. The Bertz CT molecular complexity index is 549. The van der Waals surface area contributed by atoms with Gasteiger partial charge in [0, 0.05) is 24.6 Å². The molecule has 6 heteroatoms. The van der Waals surface area contributed by atoms with Gasteiger partial charge in [0.15, 0.2) is 0 Å². The third-order valence-corrected chi connectivity index (χ3v) is 4.18. The van der Waals surface area contributed by atoms with Crippen molar-refractivity contribution in [3.05, 3.63) is 34.9 Å². The summed E-state index contributed by atoms with van der Waals surface area (Å²) in [6.45, 7) is 0.701. The zero-order valence-corrected chi connectivity index (χ0v) is 13.5. The van der Waals surface area contributed by atoms with Crippen LogP contribution in [0.25, 0.3) is 0 Å². The molecule has 2 rings (SSSR count). The van der Waals surface area contributed by atoms with Crippen LogP contribution in [0.2, 0.25) is 5.02 Å². The van der Waals surface area contributed by atoms with E-state index < -0.39 is 5.97 Å². The number of benzene rings is 1. The Morgan fingerprint density at radius 3 is 2.68 bits per heavy atom. The van der Waals surface area contributed by atoms with Crippen molar-refractivity contribution in [2.75, 3.05) is 33.9 Å². The number of methoxy groups -OCH3 is 2. The van der Waals surface area contributed by atoms with Crippen LogP contribution in [0.4, 0.5) is 0 Å². The summed E-state index contributed by atoms with van der Waals surface area (Å²) in [6, 6.07) is 7.55. The standard InChI is InChI=1S/C16H20ClNO4/c1-21-8-7-18(10-15(19)22-2)16(20)13-9-12(13)11-5-3-4-6-14(11)17/h3-6,12-13H,7-10H2,1-2H3. The van der Waals surface area contributed by atoms with Gasteiger partial charge in [0.05, 0.1) is 13.7 Å². The second kappa shape index (κ2) is 7.61. The quantitative estimate of drug-likeness (QED) is 0.720. The van der Waals surface area contributed by atoms with E-state index in [4.69, 9.17) is 16.3 Å². The van der Waals surface area contributed by atoms with Crippen molar-refractivity contribution in [1.29, 1.82) is 0 Å². The van der Waals surface area contributed by atoms with Crippen molar-refractivity contribution >= 4 is 23.5 Å². The van der Waals surface area contributed by atoms with E-state index >= 15 is 0 Å². The Morgan fingerprint density at radius 1 is 1.32 bits per heavy atom. The lowest BCUT2D eigenvalue weighted by Gasteiger charge is -2.21. The van der Waals surface area contributed by atoms with Gasteiger partial charge < -0.3 is 14.4 Å². The second-order valence-electron chi connectivity index (χ2n) is 5.30. The molecule has 0 radical (unpaired) electrons. The van der Waals surface area contributed by atoms with Gasteiger partial charge in [0.2, 0.25) is 5.91 Å². The highest BCUT2D eigenvalue weighted by Crippen LogP contribution is 2.50. The summed E-state index contributed by atoms with van der Waals surface area (Å²) < 4.78 is 9.65. The molecule has 2 unspecified atom stereocenters. The molecule has 1 fully saturated rings. The van der Waals surface area contributed by atoms with E-state index in [2.05, 4.69) is 4.74 Å². The molecule has 1 aliphatic rings. The minimum atomic E-state index is -0.431. The summed E-state index contributed by atoms with van der Waals surface area (Å²) in [6.07, 6.45) is 0.757. The molecule has 0 N–H and O–H groups in total. The Hall–Kier alpha value is -1.59. The first-order valence-corrected chi connectivity index (χ1v) is 7.55. The van der Waals surface area contributed by atoms with Gasteiger partial charge >= 0.3 is 5.97 Å². The number of amides is 1. The predicted molar refractivity (Wildman–Crippen MR) is 82.8 cm³/mol. The van der Waals surface area contributed by atoms with Crippen LogP contribution in [0.5, 0.6) is 0 Å². The van der Waals surface area contributed by atoms with Crippen LogP contribution >= 0.6 is 11.6 Å². The molecule has 2 atom stereocenters. The summed E-state index contributed by atoms with van der Waals surface area (Å²) in [5.41, 5.74) is 0.993. The van der Waals surface area contributed by atoms with Crippen LogP contribution in [0, 0.1) is 5.92 Å². The Labute approximate surface area is 135 Å². The van der Waals surface area contributed by atoms with Crippen molar-refractivity contribution in [3.8, 4) is 0 Å². The summed E-state index contributed by atoms with van der Waals surface area (Å²) in [7, 11) is 2.87. The lowest BCUT2D eigenvalue weighted by molar-refractivity contribution is -0.147. The number of nitrogens with zero attached hydrogens (tertiary/aromatic N) is 1. The number of carbonyl (C=O) groups is 2. The number of rotatable bonds is 7. The van der Waals surface area contributed by atoms with E-state index in [0.29, 0.717) is 18.2 Å². The molecule has 1 amide bonds. The van der Waals surface area contributed by atoms with Gasteiger partial charge in [0.1, 0.15) is 6.54 Å². The molecule has 1 aromatic carbocycles. The van der Waals surface area contributed by atoms with E-state index in [9.17, 15) is 9.59 Å². The highest BCUT2D eigenvalue weighted by Gasteiger charge is 2.46.